The van der Waals surface area contributed by atoms with E-state index in [-0.39, 0.29) is 22.9 Å². The SMILES string of the molecule is CN[C@H]1CCN(c2cccc(-c3ccc4cnc(CNC(=O)c5ccc(C)c(S(C)(=O)=O)c5)cc4n3)n2)CC12CC2. The van der Waals surface area contributed by atoms with Gasteiger partial charge in [0.15, 0.2) is 9.84 Å². The number of carbonyl (C=O) groups excluding carboxylic acids is 1. The van der Waals surface area contributed by atoms with E-state index in [1.807, 2.05) is 30.3 Å². The first-order valence-corrected chi connectivity index (χ1v) is 15.8. The number of aromatic nitrogens is 3. The Labute approximate surface area is 240 Å². The van der Waals surface area contributed by atoms with E-state index in [4.69, 9.17) is 9.97 Å². The van der Waals surface area contributed by atoms with Crippen LogP contribution in [0.1, 0.15) is 40.9 Å². The van der Waals surface area contributed by atoms with E-state index in [1.54, 1.807) is 25.3 Å². The van der Waals surface area contributed by atoms with Crippen molar-refractivity contribution in [3.63, 3.8) is 0 Å². The van der Waals surface area contributed by atoms with Crippen LogP contribution in [0.2, 0.25) is 0 Å². The number of piperidine rings is 1. The molecule has 0 radical (unpaired) electrons. The third-order valence-corrected chi connectivity index (χ3v) is 9.64. The molecule has 1 saturated carbocycles. The Morgan fingerprint density at radius 2 is 1.88 bits per heavy atom. The Kier molecular flexibility index (Phi) is 6.99. The highest BCUT2D eigenvalue weighted by atomic mass is 32.2. The molecule has 3 aromatic heterocycles. The van der Waals surface area contributed by atoms with Gasteiger partial charge in [-0.2, -0.15) is 0 Å². The van der Waals surface area contributed by atoms with Gasteiger partial charge >= 0.3 is 0 Å². The Morgan fingerprint density at radius 1 is 1.07 bits per heavy atom. The van der Waals surface area contributed by atoms with E-state index in [9.17, 15) is 13.2 Å². The molecule has 2 fully saturated rings. The lowest BCUT2D eigenvalue weighted by Gasteiger charge is -2.39. The first kappa shape index (κ1) is 27.3. The van der Waals surface area contributed by atoms with Gasteiger partial charge in [0.25, 0.3) is 5.91 Å². The summed E-state index contributed by atoms with van der Waals surface area (Å²) in [6.07, 6.45) is 6.53. The van der Waals surface area contributed by atoms with E-state index >= 15 is 0 Å². The monoisotopic (exact) mass is 570 g/mol. The average Bonchev–Trinajstić information content (AvgIpc) is 3.74. The van der Waals surface area contributed by atoms with Crippen molar-refractivity contribution < 1.29 is 13.2 Å². The molecule has 10 heteroatoms. The predicted molar refractivity (Wildman–Crippen MR) is 160 cm³/mol. The Bertz CT molecular complexity index is 1750. The number of benzene rings is 1. The second-order valence-corrected chi connectivity index (χ2v) is 13.3. The molecule has 1 atom stereocenters. The highest BCUT2D eigenvalue weighted by Gasteiger charge is 2.52. The van der Waals surface area contributed by atoms with Gasteiger partial charge in [-0.05, 0) is 81.3 Å². The van der Waals surface area contributed by atoms with Crippen LogP contribution in [-0.2, 0) is 16.4 Å². The highest BCUT2D eigenvalue weighted by molar-refractivity contribution is 7.90. The zero-order chi connectivity index (χ0) is 28.8. The molecule has 1 amide bonds. The molecule has 0 unspecified atom stereocenters. The van der Waals surface area contributed by atoms with E-state index < -0.39 is 9.84 Å². The van der Waals surface area contributed by atoms with E-state index in [0.717, 1.165) is 53.9 Å². The van der Waals surface area contributed by atoms with Crippen molar-refractivity contribution in [2.45, 2.75) is 43.7 Å². The number of amides is 1. The lowest BCUT2D eigenvalue weighted by atomic mass is 9.89. The number of hydrogen-bond donors (Lipinski definition) is 2. The summed E-state index contributed by atoms with van der Waals surface area (Å²) in [5.74, 6) is 0.616. The molecule has 1 aliphatic heterocycles. The molecule has 2 N–H and O–H groups in total. The van der Waals surface area contributed by atoms with Gasteiger partial charge in [-0.25, -0.2) is 18.4 Å². The molecule has 1 aliphatic carbocycles. The minimum Gasteiger partial charge on any atom is -0.356 e. The number of aryl methyl sites for hydroxylation is 1. The first-order valence-electron chi connectivity index (χ1n) is 13.9. The van der Waals surface area contributed by atoms with Crippen molar-refractivity contribution in [2.24, 2.45) is 5.41 Å². The van der Waals surface area contributed by atoms with Crippen LogP contribution in [0.25, 0.3) is 22.3 Å². The van der Waals surface area contributed by atoms with Gasteiger partial charge in [-0.1, -0.05) is 12.1 Å². The van der Waals surface area contributed by atoms with Crippen LogP contribution in [0, 0.1) is 12.3 Å². The molecule has 41 heavy (non-hydrogen) atoms. The molecule has 1 spiro atoms. The van der Waals surface area contributed by atoms with Crippen molar-refractivity contribution in [2.75, 3.05) is 31.3 Å². The van der Waals surface area contributed by atoms with Crippen molar-refractivity contribution in [3.8, 4) is 11.4 Å². The number of carbonyl (C=O) groups is 1. The van der Waals surface area contributed by atoms with Crippen molar-refractivity contribution in [1.82, 2.24) is 25.6 Å². The zero-order valence-electron chi connectivity index (χ0n) is 23.5. The predicted octanol–water partition coefficient (Wildman–Crippen LogP) is 3.91. The third kappa shape index (κ3) is 5.54. The molecule has 2 aliphatic rings. The third-order valence-electron chi connectivity index (χ3n) is 8.40. The topological polar surface area (TPSA) is 117 Å². The molecule has 1 saturated heterocycles. The maximum absolute atomic E-state index is 12.8. The Hall–Kier alpha value is -3.89. The molecule has 4 aromatic rings. The number of pyridine rings is 3. The fourth-order valence-corrected chi connectivity index (χ4v) is 6.92. The summed E-state index contributed by atoms with van der Waals surface area (Å²) >= 11 is 0. The van der Waals surface area contributed by atoms with Gasteiger partial charge in [-0.15, -0.1) is 0 Å². The second kappa shape index (κ2) is 10.5. The van der Waals surface area contributed by atoms with Crippen molar-refractivity contribution in [3.05, 3.63) is 77.6 Å². The quantitative estimate of drug-likeness (QED) is 0.344. The van der Waals surface area contributed by atoms with Gasteiger partial charge in [0.1, 0.15) is 5.82 Å². The van der Waals surface area contributed by atoms with Crippen LogP contribution in [0.15, 0.2) is 65.7 Å². The Morgan fingerprint density at radius 3 is 2.63 bits per heavy atom. The van der Waals surface area contributed by atoms with E-state index in [2.05, 4.69) is 33.6 Å². The maximum Gasteiger partial charge on any atom is 0.251 e. The number of rotatable bonds is 7. The van der Waals surface area contributed by atoms with Crippen molar-refractivity contribution >= 4 is 32.5 Å². The fourth-order valence-electron chi connectivity index (χ4n) is 5.93. The van der Waals surface area contributed by atoms with Gasteiger partial charge in [-0.3, -0.25) is 9.78 Å². The van der Waals surface area contributed by atoms with Gasteiger partial charge in [0.05, 0.1) is 34.0 Å². The molecule has 0 bridgehead atoms. The standard InChI is InChI=1S/C31H34N6O3S/c1-20-7-8-21(15-27(20)41(3,39)40)30(38)34-18-23-16-26-22(17-33-23)9-10-25(35-26)24-5-4-6-29(36-24)37-14-11-28(32-2)31(19-37)12-13-31/h4-10,15-17,28,32H,11-14,18-19H2,1-3H3,(H,34,38)/t28-/m0/s1. The lowest BCUT2D eigenvalue weighted by molar-refractivity contribution is 0.0950. The first-order chi connectivity index (χ1) is 19.6. The zero-order valence-corrected chi connectivity index (χ0v) is 24.3. The number of nitrogens with zero attached hydrogens (tertiary/aromatic N) is 4. The summed E-state index contributed by atoms with van der Waals surface area (Å²) in [5, 5.41) is 7.24. The molecule has 212 valence electrons. The normalized spacial score (nSPS) is 18.0. The molecule has 6 rings (SSSR count). The number of anilines is 1. The van der Waals surface area contributed by atoms with Crippen LogP contribution < -0.4 is 15.5 Å². The van der Waals surface area contributed by atoms with Crippen LogP contribution in [-0.4, -0.2) is 61.7 Å². The average molecular weight is 571 g/mol. The molecule has 9 nitrogen and oxygen atoms in total. The van der Waals surface area contributed by atoms with Crippen LogP contribution >= 0.6 is 0 Å². The summed E-state index contributed by atoms with van der Waals surface area (Å²) in [7, 11) is -1.36. The summed E-state index contributed by atoms with van der Waals surface area (Å²) in [6, 6.07) is 17.2. The highest BCUT2D eigenvalue weighted by Crippen LogP contribution is 2.52. The van der Waals surface area contributed by atoms with Gasteiger partial charge in [0.2, 0.25) is 0 Å². The number of fused-ring (bicyclic) bond motifs is 1. The van der Waals surface area contributed by atoms with Crippen LogP contribution in [0.5, 0.6) is 0 Å². The summed E-state index contributed by atoms with van der Waals surface area (Å²) < 4.78 is 24.1. The number of nitrogens with one attached hydrogen (secondary N) is 2. The largest absolute Gasteiger partial charge is 0.356 e. The van der Waals surface area contributed by atoms with Crippen LogP contribution in [0.3, 0.4) is 0 Å². The smallest absolute Gasteiger partial charge is 0.251 e. The lowest BCUT2D eigenvalue weighted by Crippen LogP contribution is -2.50. The maximum atomic E-state index is 12.8. The molecule has 1 aromatic carbocycles. The molecular formula is C31H34N6O3S. The van der Waals surface area contributed by atoms with Gasteiger partial charge in [0, 0.05) is 47.9 Å². The van der Waals surface area contributed by atoms with E-state index in [0.29, 0.717) is 22.7 Å². The Balaban J connectivity index is 1.19. The fraction of sp³-hybridized carbons (Fsp3) is 0.355. The number of hydrogen-bond acceptors (Lipinski definition) is 8. The minimum absolute atomic E-state index is 0.151. The van der Waals surface area contributed by atoms with E-state index in [1.165, 1.54) is 18.9 Å². The van der Waals surface area contributed by atoms with Crippen molar-refractivity contribution in [1.29, 1.82) is 0 Å². The summed E-state index contributed by atoms with van der Waals surface area (Å²) in [4.78, 5) is 29.7. The molecular weight excluding hydrogens is 536 g/mol. The number of sulfone groups is 1. The van der Waals surface area contributed by atoms with Crippen LogP contribution in [0.4, 0.5) is 5.82 Å². The minimum atomic E-state index is -3.43. The summed E-state index contributed by atoms with van der Waals surface area (Å²) in [6.45, 7) is 3.90. The summed E-state index contributed by atoms with van der Waals surface area (Å²) in [5.41, 5.74) is 4.26. The second-order valence-electron chi connectivity index (χ2n) is 11.3. The molecule has 4 heterocycles. The van der Waals surface area contributed by atoms with Gasteiger partial charge < -0.3 is 15.5 Å².